The first kappa shape index (κ1) is 15.4. The number of aromatic nitrogens is 2. The Morgan fingerprint density at radius 2 is 1.86 bits per heavy atom. The van der Waals surface area contributed by atoms with Crippen LogP contribution in [0.5, 0.6) is 5.88 Å². The van der Waals surface area contributed by atoms with Crippen molar-refractivity contribution in [2.45, 2.75) is 39.7 Å². The standard InChI is InChI=1S/C16H18F2N2O/c1-4-15-19-14(10(2)3)8-16(20-15)21-9-11-5-6-12(17)13(18)7-11/h5-8,10H,4,9H2,1-3H3. The third-order valence-electron chi connectivity index (χ3n) is 3.05. The predicted molar refractivity (Wildman–Crippen MR) is 76.2 cm³/mol. The van der Waals surface area contributed by atoms with Gasteiger partial charge in [-0.25, -0.2) is 13.8 Å². The number of benzene rings is 1. The van der Waals surface area contributed by atoms with E-state index in [1.165, 1.54) is 6.07 Å². The van der Waals surface area contributed by atoms with E-state index in [2.05, 4.69) is 9.97 Å². The van der Waals surface area contributed by atoms with Crippen LogP contribution in [-0.2, 0) is 13.0 Å². The van der Waals surface area contributed by atoms with Gasteiger partial charge in [0.25, 0.3) is 0 Å². The third kappa shape index (κ3) is 3.97. The molecule has 0 aliphatic carbocycles. The van der Waals surface area contributed by atoms with Gasteiger partial charge in [-0.05, 0) is 23.6 Å². The lowest BCUT2D eigenvalue weighted by atomic mass is 10.1. The van der Waals surface area contributed by atoms with Gasteiger partial charge in [-0.3, -0.25) is 0 Å². The molecule has 0 saturated carbocycles. The van der Waals surface area contributed by atoms with Gasteiger partial charge in [0, 0.05) is 12.5 Å². The average molecular weight is 292 g/mol. The molecule has 112 valence electrons. The summed E-state index contributed by atoms with van der Waals surface area (Å²) in [6.45, 7) is 6.19. The van der Waals surface area contributed by atoms with Crippen LogP contribution < -0.4 is 4.74 Å². The maximum absolute atomic E-state index is 13.1. The second kappa shape index (κ2) is 6.61. The van der Waals surface area contributed by atoms with E-state index in [4.69, 9.17) is 4.74 Å². The number of aryl methyl sites for hydroxylation is 1. The van der Waals surface area contributed by atoms with Crippen LogP contribution in [0.1, 0.15) is 43.8 Å². The maximum atomic E-state index is 13.1. The molecule has 0 N–H and O–H groups in total. The summed E-state index contributed by atoms with van der Waals surface area (Å²) in [5.41, 5.74) is 1.46. The fourth-order valence-corrected chi connectivity index (χ4v) is 1.81. The Morgan fingerprint density at radius 3 is 2.48 bits per heavy atom. The van der Waals surface area contributed by atoms with Gasteiger partial charge in [0.1, 0.15) is 12.4 Å². The van der Waals surface area contributed by atoms with Crippen molar-refractivity contribution in [2.75, 3.05) is 0 Å². The first-order valence-corrected chi connectivity index (χ1v) is 6.94. The monoisotopic (exact) mass is 292 g/mol. The molecule has 5 heteroatoms. The fourth-order valence-electron chi connectivity index (χ4n) is 1.81. The molecule has 0 aliphatic heterocycles. The summed E-state index contributed by atoms with van der Waals surface area (Å²) >= 11 is 0. The lowest BCUT2D eigenvalue weighted by Gasteiger charge is -2.11. The summed E-state index contributed by atoms with van der Waals surface area (Å²) in [7, 11) is 0. The van der Waals surface area contributed by atoms with Crippen molar-refractivity contribution < 1.29 is 13.5 Å². The molecule has 1 aromatic heterocycles. The Labute approximate surface area is 123 Å². The number of nitrogens with zero attached hydrogens (tertiary/aromatic N) is 2. The molecule has 2 rings (SSSR count). The zero-order valence-electron chi connectivity index (χ0n) is 12.4. The normalized spacial score (nSPS) is 11.0. The molecular weight excluding hydrogens is 274 g/mol. The van der Waals surface area contributed by atoms with E-state index in [0.29, 0.717) is 23.7 Å². The molecular formula is C16H18F2N2O. The van der Waals surface area contributed by atoms with Gasteiger partial charge in [0.05, 0.1) is 5.69 Å². The first-order valence-electron chi connectivity index (χ1n) is 6.94. The quantitative estimate of drug-likeness (QED) is 0.835. The molecule has 1 aromatic carbocycles. The van der Waals surface area contributed by atoms with Crippen molar-refractivity contribution >= 4 is 0 Å². The zero-order valence-corrected chi connectivity index (χ0v) is 12.4. The van der Waals surface area contributed by atoms with E-state index >= 15 is 0 Å². The van der Waals surface area contributed by atoms with Gasteiger partial charge in [0.15, 0.2) is 11.6 Å². The van der Waals surface area contributed by atoms with E-state index in [9.17, 15) is 8.78 Å². The van der Waals surface area contributed by atoms with E-state index in [1.54, 1.807) is 6.07 Å². The minimum Gasteiger partial charge on any atom is -0.473 e. The van der Waals surface area contributed by atoms with Crippen LogP contribution in [0.4, 0.5) is 8.78 Å². The van der Waals surface area contributed by atoms with Crippen LogP contribution in [0, 0.1) is 11.6 Å². The summed E-state index contributed by atoms with van der Waals surface area (Å²) in [5.74, 6) is -0.312. The van der Waals surface area contributed by atoms with Crippen LogP contribution in [0.25, 0.3) is 0 Å². The van der Waals surface area contributed by atoms with Crippen molar-refractivity contribution in [1.29, 1.82) is 0 Å². The highest BCUT2D eigenvalue weighted by Gasteiger charge is 2.09. The van der Waals surface area contributed by atoms with Gasteiger partial charge in [0.2, 0.25) is 5.88 Å². The highest BCUT2D eigenvalue weighted by atomic mass is 19.2. The first-order chi connectivity index (χ1) is 9.99. The molecule has 0 unspecified atom stereocenters. The largest absolute Gasteiger partial charge is 0.473 e. The van der Waals surface area contributed by atoms with Crippen LogP contribution in [-0.4, -0.2) is 9.97 Å². The number of rotatable bonds is 5. The minimum absolute atomic E-state index is 0.134. The summed E-state index contributed by atoms with van der Waals surface area (Å²) in [5, 5.41) is 0. The van der Waals surface area contributed by atoms with Crippen molar-refractivity contribution in [2.24, 2.45) is 0 Å². The molecule has 0 bridgehead atoms. The van der Waals surface area contributed by atoms with Gasteiger partial charge < -0.3 is 4.74 Å². The Hall–Kier alpha value is -2.04. The lowest BCUT2D eigenvalue weighted by Crippen LogP contribution is -2.05. The predicted octanol–water partition coefficient (Wildman–Crippen LogP) is 4.02. The molecule has 1 heterocycles. The molecule has 0 aliphatic rings. The third-order valence-corrected chi connectivity index (χ3v) is 3.05. The number of hydrogen-bond donors (Lipinski definition) is 0. The zero-order chi connectivity index (χ0) is 15.4. The summed E-state index contributed by atoms with van der Waals surface area (Å²) < 4.78 is 31.6. The van der Waals surface area contributed by atoms with E-state index in [1.807, 2.05) is 20.8 Å². The summed E-state index contributed by atoms with van der Waals surface area (Å²) in [6, 6.07) is 5.49. The Balaban J connectivity index is 2.15. The fraction of sp³-hybridized carbons (Fsp3) is 0.375. The second-order valence-corrected chi connectivity index (χ2v) is 5.09. The average Bonchev–Trinajstić information content (AvgIpc) is 2.48. The molecule has 0 radical (unpaired) electrons. The Morgan fingerprint density at radius 1 is 1.10 bits per heavy atom. The molecule has 0 saturated heterocycles. The van der Waals surface area contributed by atoms with Crippen LogP contribution >= 0.6 is 0 Å². The van der Waals surface area contributed by atoms with Gasteiger partial charge >= 0.3 is 0 Å². The maximum Gasteiger partial charge on any atom is 0.217 e. The highest BCUT2D eigenvalue weighted by Crippen LogP contribution is 2.19. The SMILES string of the molecule is CCc1nc(OCc2ccc(F)c(F)c2)cc(C(C)C)n1. The second-order valence-electron chi connectivity index (χ2n) is 5.09. The summed E-state index contributed by atoms with van der Waals surface area (Å²) in [6.07, 6.45) is 0.710. The van der Waals surface area contributed by atoms with E-state index < -0.39 is 11.6 Å². The molecule has 21 heavy (non-hydrogen) atoms. The summed E-state index contributed by atoms with van der Waals surface area (Å²) in [4.78, 5) is 8.72. The molecule has 0 atom stereocenters. The lowest BCUT2D eigenvalue weighted by molar-refractivity contribution is 0.290. The van der Waals surface area contributed by atoms with Crippen molar-refractivity contribution in [3.63, 3.8) is 0 Å². The molecule has 0 amide bonds. The molecule has 0 spiro atoms. The molecule has 2 aromatic rings. The topological polar surface area (TPSA) is 35.0 Å². The van der Waals surface area contributed by atoms with Gasteiger partial charge in [-0.2, -0.15) is 4.98 Å². The van der Waals surface area contributed by atoms with Gasteiger partial charge in [-0.1, -0.05) is 26.8 Å². The van der Waals surface area contributed by atoms with Crippen molar-refractivity contribution in [1.82, 2.24) is 9.97 Å². The Bertz CT molecular complexity index is 630. The molecule has 3 nitrogen and oxygen atoms in total. The van der Waals surface area contributed by atoms with Gasteiger partial charge in [-0.15, -0.1) is 0 Å². The van der Waals surface area contributed by atoms with Crippen LogP contribution in [0.3, 0.4) is 0 Å². The molecule has 0 fully saturated rings. The van der Waals surface area contributed by atoms with Crippen molar-refractivity contribution in [3.8, 4) is 5.88 Å². The van der Waals surface area contributed by atoms with Crippen molar-refractivity contribution in [3.05, 3.63) is 53.0 Å². The van der Waals surface area contributed by atoms with E-state index in [0.717, 1.165) is 17.8 Å². The number of hydrogen-bond acceptors (Lipinski definition) is 3. The Kier molecular flexibility index (Phi) is 4.83. The van der Waals surface area contributed by atoms with Crippen LogP contribution in [0.2, 0.25) is 0 Å². The smallest absolute Gasteiger partial charge is 0.217 e. The van der Waals surface area contributed by atoms with Crippen LogP contribution in [0.15, 0.2) is 24.3 Å². The highest BCUT2D eigenvalue weighted by molar-refractivity contribution is 5.21. The number of halogens is 2. The number of ether oxygens (including phenoxy) is 1. The minimum atomic E-state index is -0.879. The van der Waals surface area contributed by atoms with E-state index in [-0.39, 0.29) is 12.5 Å².